The average Bonchev–Trinajstić information content (AvgIpc) is 2.28. The Morgan fingerprint density at radius 3 is 2.76 bits per heavy atom. The second kappa shape index (κ2) is 5.83. The second-order valence-electron chi connectivity index (χ2n) is 5.57. The number of nitrogens with two attached hydrogens (primary N) is 1. The van der Waals surface area contributed by atoms with Crippen molar-refractivity contribution in [2.24, 2.45) is 5.73 Å². The lowest BCUT2D eigenvalue weighted by Gasteiger charge is -2.41. The molecule has 0 spiro atoms. The van der Waals surface area contributed by atoms with Gasteiger partial charge < -0.3 is 10.8 Å². The molecule has 0 amide bonds. The van der Waals surface area contributed by atoms with Gasteiger partial charge in [0, 0.05) is 12.1 Å². The van der Waals surface area contributed by atoms with Gasteiger partial charge in [-0.3, -0.25) is 9.69 Å². The molecule has 0 radical (unpaired) electrons. The number of carboxylic acids is 1. The Morgan fingerprint density at radius 2 is 2.24 bits per heavy atom. The third kappa shape index (κ3) is 3.68. The first-order valence-corrected chi connectivity index (χ1v) is 6.66. The molecule has 1 aliphatic heterocycles. The highest BCUT2D eigenvalue weighted by Gasteiger charge is 2.34. The summed E-state index contributed by atoms with van der Waals surface area (Å²) in [7, 11) is 0. The van der Waals surface area contributed by atoms with E-state index < -0.39 is 11.5 Å². The Hall–Kier alpha value is -0.610. The van der Waals surface area contributed by atoms with Gasteiger partial charge in [0.15, 0.2) is 0 Å². The van der Waals surface area contributed by atoms with Crippen LogP contribution in [0, 0.1) is 0 Å². The number of carboxylic acid groups (broad SMARTS) is 1. The number of likely N-dealkylation sites (tertiary alicyclic amines) is 1. The van der Waals surface area contributed by atoms with Crippen molar-refractivity contribution < 1.29 is 9.90 Å². The van der Waals surface area contributed by atoms with Crippen LogP contribution in [0.4, 0.5) is 0 Å². The highest BCUT2D eigenvalue weighted by Crippen LogP contribution is 2.25. The SMILES string of the molecule is CCC1CCCCN1C(C)CC(C)(N)C(=O)O. The van der Waals surface area contributed by atoms with Crippen LogP contribution >= 0.6 is 0 Å². The van der Waals surface area contributed by atoms with Crippen LogP contribution in [0.5, 0.6) is 0 Å². The fourth-order valence-corrected chi connectivity index (χ4v) is 2.86. The molecule has 1 saturated heterocycles. The summed E-state index contributed by atoms with van der Waals surface area (Å²) in [5.41, 5.74) is 4.71. The van der Waals surface area contributed by atoms with Gasteiger partial charge in [0.2, 0.25) is 0 Å². The maximum Gasteiger partial charge on any atom is 0.323 e. The fraction of sp³-hybridized carbons (Fsp3) is 0.923. The zero-order valence-electron chi connectivity index (χ0n) is 11.3. The quantitative estimate of drug-likeness (QED) is 0.772. The minimum absolute atomic E-state index is 0.242. The lowest BCUT2D eigenvalue weighted by atomic mass is 9.91. The van der Waals surface area contributed by atoms with E-state index in [1.165, 1.54) is 19.3 Å². The molecule has 1 heterocycles. The van der Waals surface area contributed by atoms with Crippen LogP contribution in [0.2, 0.25) is 0 Å². The van der Waals surface area contributed by atoms with Crippen LogP contribution in [-0.4, -0.2) is 40.1 Å². The molecule has 0 aromatic heterocycles. The molecule has 3 unspecified atom stereocenters. The Morgan fingerprint density at radius 1 is 1.59 bits per heavy atom. The first-order valence-electron chi connectivity index (χ1n) is 6.66. The first-order chi connectivity index (χ1) is 7.88. The molecule has 4 nitrogen and oxygen atoms in total. The van der Waals surface area contributed by atoms with E-state index >= 15 is 0 Å². The zero-order chi connectivity index (χ0) is 13.1. The number of rotatable bonds is 5. The predicted octanol–water partition coefficient (Wildman–Crippen LogP) is 1.83. The Balaban J connectivity index is 2.61. The number of piperidine rings is 1. The molecule has 3 N–H and O–H groups in total. The maximum atomic E-state index is 11.0. The van der Waals surface area contributed by atoms with E-state index in [9.17, 15) is 4.79 Å². The van der Waals surface area contributed by atoms with Gasteiger partial charge in [-0.25, -0.2) is 0 Å². The highest BCUT2D eigenvalue weighted by atomic mass is 16.4. The number of carbonyl (C=O) groups is 1. The van der Waals surface area contributed by atoms with Gasteiger partial charge in [-0.15, -0.1) is 0 Å². The lowest BCUT2D eigenvalue weighted by molar-refractivity contribution is -0.143. The van der Waals surface area contributed by atoms with Gasteiger partial charge >= 0.3 is 5.97 Å². The van der Waals surface area contributed by atoms with Crippen molar-refractivity contribution in [1.82, 2.24) is 4.90 Å². The van der Waals surface area contributed by atoms with Gasteiger partial charge in [0.25, 0.3) is 0 Å². The van der Waals surface area contributed by atoms with Crippen molar-refractivity contribution in [2.75, 3.05) is 6.54 Å². The molecule has 17 heavy (non-hydrogen) atoms. The molecule has 100 valence electrons. The highest BCUT2D eigenvalue weighted by molar-refractivity contribution is 5.77. The molecule has 1 aliphatic rings. The number of aliphatic carboxylic acids is 1. The van der Waals surface area contributed by atoms with Gasteiger partial charge in [-0.1, -0.05) is 13.3 Å². The summed E-state index contributed by atoms with van der Waals surface area (Å²) < 4.78 is 0. The monoisotopic (exact) mass is 242 g/mol. The standard InChI is InChI=1S/C13H26N2O2/c1-4-11-7-5-6-8-15(11)10(2)9-13(3,14)12(16)17/h10-11H,4-9,14H2,1-3H3,(H,16,17). The van der Waals surface area contributed by atoms with Gasteiger partial charge in [0.05, 0.1) is 0 Å². The van der Waals surface area contributed by atoms with Crippen molar-refractivity contribution in [1.29, 1.82) is 0 Å². The largest absolute Gasteiger partial charge is 0.480 e. The van der Waals surface area contributed by atoms with Crippen LogP contribution in [-0.2, 0) is 4.79 Å². The van der Waals surface area contributed by atoms with Crippen LogP contribution in [0.3, 0.4) is 0 Å². The molecular formula is C13H26N2O2. The molecule has 0 aromatic carbocycles. The summed E-state index contributed by atoms with van der Waals surface area (Å²) in [5.74, 6) is -0.908. The van der Waals surface area contributed by atoms with E-state index in [1.54, 1.807) is 6.92 Å². The van der Waals surface area contributed by atoms with Crippen molar-refractivity contribution >= 4 is 5.97 Å². The normalized spacial score (nSPS) is 27.4. The average molecular weight is 242 g/mol. The van der Waals surface area contributed by atoms with E-state index in [4.69, 9.17) is 10.8 Å². The van der Waals surface area contributed by atoms with E-state index in [0.717, 1.165) is 13.0 Å². The fourth-order valence-electron chi connectivity index (χ4n) is 2.86. The van der Waals surface area contributed by atoms with Gasteiger partial charge in [-0.05, 0) is 46.1 Å². The third-order valence-electron chi connectivity index (χ3n) is 3.92. The van der Waals surface area contributed by atoms with E-state index in [-0.39, 0.29) is 6.04 Å². The van der Waals surface area contributed by atoms with Gasteiger partial charge in [0.1, 0.15) is 5.54 Å². The minimum Gasteiger partial charge on any atom is -0.480 e. The molecular weight excluding hydrogens is 216 g/mol. The second-order valence-corrected chi connectivity index (χ2v) is 5.57. The van der Waals surface area contributed by atoms with Crippen LogP contribution in [0.25, 0.3) is 0 Å². The summed E-state index contributed by atoms with van der Waals surface area (Å²) in [4.78, 5) is 13.5. The van der Waals surface area contributed by atoms with Crippen molar-refractivity contribution in [3.63, 3.8) is 0 Å². The molecule has 0 saturated carbocycles. The Bertz CT molecular complexity index is 266. The molecule has 0 aromatic rings. The summed E-state index contributed by atoms with van der Waals surface area (Å²) in [6.07, 6.45) is 5.39. The summed E-state index contributed by atoms with van der Waals surface area (Å²) in [6, 6.07) is 0.842. The molecule has 1 fully saturated rings. The van der Waals surface area contributed by atoms with E-state index in [2.05, 4.69) is 18.7 Å². The number of hydrogen-bond donors (Lipinski definition) is 2. The lowest BCUT2D eigenvalue weighted by Crippen LogP contribution is -2.53. The van der Waals surface area contributed by atoms with E-state index in [0.29, 0.717) is 12.5 Å². The molecule has 3 atom stereocenters. The van der Waals surface area contributed by atoms with Crippen LogP contribution in [0.1, 0.15) is 52.9 Å². The molecule has 4 heteroatoms. The summed E-state index contributed by atoms with van der Waals surface area (Å²) in [6.45, 7) is 6.99. The number of hydrogen-bond acceptors (Lipinski definition) is 3. The predicted molar refractivity (Wildman–Crippen MR) is 68.9 cm³/mol. The van der Waals surface area contributed by atoms with Crippen molar-refractivity contribution in [3.05, 3.63) is 0 Å². The Kier molecular flexibility index (Phi) is 4.95. The molecule has 0 aliphatic carbocycles. The summed E-state index contributed by atoms with van der Waals surface area (Å²) >= 11 is 0. The van der Waals surface area contributed by atoms with Crippen molar-refractivity contribution in [2.45, 2.75) is 70.5 Å². The van der Waals surface area contributed by atoms with Gasteiger partial charge in [-0.2, -0.15) is 0 Å². The number of nitrogens with zero attached hydrogens (tertiary/aromatic N) is 1. The smallest absolute Gasteiger partial charge is 0.323 e. The maximum absolute atomic E-state index is 11.0. The minimum atomic E-state index is -1.12. The van der Waals surface area contributed by atoms with E-state index in [1.807, 2.05) is 0 Å². The summed E-state index contributed by atoms with van der Waals surface area (Å²) in [5, 5.41) is 9.07. The molecule has 0 bridgehead atoms. The van der Waals surface area contributed by atoms with Crippen LogP contribution < -0.4 is 5.73 Å². The third-order valence-corrected chi connectivity index (χ3v) is 3.92. The topological polar surface area (TPSA) is 66.6 Å². The van der Waals surface area contributed by atoms with Crippen LogP contribution in [0.15, 0.2) is 0 Å². The first kappa shape index (κ1) is 14.5. The molecule has 1 rings (SSSR count). The van der Waals surface area contributed by atoms with Crippen molar-refractivity contribution in [3.8, 4) is 0 Å². The zero-order valence-corrected chi connectivity index (χ0v) is 11.3. The Labute approximate surface area is 104 Å².